The van der Waals surface area contributed by atoms with Gasteiger partial charge in [-0.05, 0) is 39.2 Å². The molecule has 0 saturated carbocycles. The molecule has 19 heavy (non-hydrogen) atoms. The first-order valence-electron chi connectivity index (χ1n) is 5.88. The summed E-state index contributed by atoms with van der Waals surface area (Å²) in [7, 11) is 1.85. The maximum atomic E-state index is 10.3. The first kappa shape index (κ1) is 12.5. The summed E-state index contributed by atoms with van der Waals surface area (Å²) < 4.78 is 13.2. The SMILES string of the molecule is Cn1cc(CC(O)c2cc(Br)c3c(c2)OCO3)cn1. The molecule has 1 aromatic carbocycles. The monoisotopic (exact) mass is 324 g/mol. The molecule has 2 aromatic rings. The zero-order chi connectivity index (χ0) is 13.4. The molecule has 1 N–H and O–H groups in total. The molecule has 0 bridgehead atoms. The van der Waals surface area contributed by atoms with Crippen LogP contribution in [0, 0.1) is 0 Å². The van der Waals surface area contributed by atoms with Gasteiger partial charge in [0.15, 0.2) is 11.5 Å². The molecule has 1 aromatic heterocycles. The van der Waals surface area contributed by atoms with Crippen molar-refractivity contribution in [2.45, 2.75) is 12.5 Å². The van der Waals surface area contributed by atoms with Gasteiger partial charge in [0.2, 0.25) is 6.79 Å². The van der Waals surface area contributed by atoms with Gasteiger partial charge in [0.25, 0.3) is 0 Å². The molecule has 0 spiro atoms. The van der Waals surface area contributed by atoms with Crippen LogP contribution in [0.2, 0.25) is 0 Å². The number of aryl methyl sites for hydroxylation is 1. The Balaban J connectivity index is 1.84. The summed E-state index contributed by atoms with van der Waals surface area (Å²) in [5, 5.41) is 14.4. The number of rotatable bonds is 3. The molecular weight excluding hydrogens is 312 g/mol. The lowest BCUT2D eigenvalue weighted by atomic mass is 10.0. The summed E-state index contributed by atoms with van der Waals surface area (Å²) in [5.74, 6) is 1.35. The van der Waals surface area contributed by atoms with E-state index in [1.54, 1.807) is 10.9 Å². The average molecular weight is 325 g/mol. The Hall–Kier alpha value is -1.53. The molecule has 1 aliphatic heterocycles. The van der Waals surface area contributed by atoms with Crippen LogP contribution in [0.25, 0.3) is 0 Å². The molecule has 100 valence electrons. The van der Waals surface area contributed by atoms with Crippen molar-refractivity contribution in [2.24, 2.45) is 7.05 Å². The summed E-state index contributed by atoms with van der Waals surface area (Å²) >= 11 is 3.42. The van der Waals surface area contributed by atoms with Gasteiger partial charge in [-0.3, -0.25) is 4.68 Å². The number of nitrogens with zero attached hydrogens (tertiary/aromatic N) is 2. The number of aliphatic hydroxyl groups is 1. The molecule has 0 amide bonds. The smallest absolute Gasteiger partial charge is 0.231 e. The zero-order valence-corrected chi connectivity index (χ0v) is 11.9. The molecule has 3 rings (SSSR count). The molecule has 1 atom stereocenters. The van der Waals surface area contributed by atoms with Crippen molar-refractivity contribution in [3.8, 4) is 11.5 Å². The molecule has 2 heterocycles. The predicted octanol–water partition coefficient (Wildman–Crippen LogP) is 2.19. The Morgan fingerprint density at radius 3 is 3.05 bits per heavy atom. The Kier molecular flexibility index (Phi) is 3.20. The van der Waals surface area contributed by atoms with Crippen molar-refractivity contribution in [3.63, 3.8) is 0 Å². The van der Waals surface area contributed by atoms with Crippen molar-refractivity contribution in [1.82, 2.24) is 9.78 Å². The van der Waals surface area contributed by atoms with Crippen molar-refractivity contribution >= 4 is 15.9 Å². The fourth-order valence-corrected chi connectivity index (χ4v) is 2.67. The van der Waals surface area contributed by atoms with Crippen LogP contribution in [-0.4, -0.2) is 21.7 Å². The maximum Gasteiger partial charge on any atom is 0.231 e. The van der Waals surface area contributed by atoms with E-state index in [1.165, 1.54) is 0 Å². The quantitative estimate of drug-likeness (QED) is 0.940. The van der Waals surface area contributed by atoms with E-state index in [1.807, 2.05) is 25.4 Å². The molecule has 0 aliphatic carbocycles. The number of halogens is 1. The second-order valence-corrected chi connectivity index (χ2v) is 5.33. The molecule has 0 radical (unpaired) electrons. The van der Waals surface area contributed by atoms with Crippen LogP contribution in [0.15, 0.2) is 29.0 Å². The van der Waals surface area contributed by atoms with Crippen molar-refractivity contribution in [2.75, 3.05) is 6.79 Å². The van der Waals surface area contributed by atoms with E-state index in [0.717, 1.165) is 15.6 Å². The van der Waals surface area contributed by atoms with Gasteiger partial charge in [0.05, 0.1) is 16.8 Å². The lowest BCUT2D eigenvalue weighted by Crippen LogP contribution is -2.01. The minimum atomic E-state index is -0.602. The number of hydrogen-bond acceptors (Lipinski definition) is 4. The summed E-state index contributed by atoms with van der Waals surface area (Å²) in [6.07, 6.45) is 3.56. The molecule has 0 fully saturated rings. The molecule has 0 saturated heterocycles. The standard InChI is InChI=1S/C13H13BrN2O3/c1-16-6-8(5-15-16)2-11(17)9-3-10(14)13-12(4-9)18-7-19-13/h3-6,11,17H,2,7H2,1H3. The van der Waals surface area contributed by atoms with E-state index < -0.39 is 6.10 Å². The van der Waals surface area contributed by atoms with Gasteiger partial charge >= 0.3 is 0 Å². The van der Waals surface area contributed by atoms with E-state index in [2.05, 4.69) is 21.0 Å². The Bertz CT molecular complexity index is 612. The number of fused-ring (bicyclic) bond motifs is 1. The maximum absolute atomic E-state index is 10.3. The van der Waals surface area contributed by atoms with Crippen molar-refractivity contribution in [1.29, 1.82) is 0 Å². The normalized spacial score (nSPS) is 14.7. The van der Waals surface area contributed by atoms with Gasteiger partial charge in [-0.2, -0.15) is 5.10 Å². The van der Waals surface area contributed by atoms with E-state index in [9.17, 15) is 5.11 Å². The first-order valence-corrected chi connectivity index (χ1v) is 6.67. The predicted molar refractivity (Wildman–Crippen MR) is 72.1 cm³/mol. The minimum absolute atomic E-state index is 0.218. The van der Waals surface area contributed by atoms with Gasteiger partial charge in [0, 0.05) is 19.7 Å². The molecule has 1 aliphatic rings. The third-order valence-corrected chi connectivity index (χ3v) is 3.61. The second-order valence-electron chi connectivity index (χ2n) is 4.48. The van der Waals surface area contributed by atoms with Crippen LogP contribution >= 0.6 is 15.9 Å². The third kappa shape index (κ3) is 2.46. The Morgan fingerprint density at radius 1 is 1.47 bits per heavy atom. The Labute approximate surface area is 118 Å². The van der Waals surface area contributed by atoms with Crippen molar-refractivity contribution in [3.05, 3.63) is 40.1 Å². The second kappa shape index (κ2) is 4.86. The highest BCUT2D eigenvalue weighted by Crippen LogP contribution is 2.41. The van der Waals surface area contributed by atoms with Crippen molar-refractivity contribution < 1.29 is 14.6 Å². The van der Waals surface area contributed by atoms with Gasteiger partial charge in [-0.1, -0.05) is 0 Å². The topological polar surface area (TPSA) is 56.5 Å². The third-order valence-electron chi connectivity index (χ3n) is 3.02. The van der Waals surface area contributed by atoms with E-state index in [4.69, 9.17) is 9.47 Å². The molecular formula is C13H13BrN2O3. The molecule has 5 nitrogen and oxygen atoms in total. The van der Waals surface area contributed by atoms with Gasteiger partial charge in [-0.25, -0.2) is 0 Å². The number of aromatic nitrogens is 2. The van der Waals surface area contributed by atoms with Crippen LogP contribution in [-0.2, 0) is 13.5 Å². The highest BCUT2D eigenvalue weighted by atomic mass is 79.9. The van der Waals surface area contributed by atoms with Gasteiger partial charge in [0.1, 0.15) is 0 Å². The highest BCUT2D eigenvalue weighted by molar-refractivity contribution is 9.10. The number of hydrogen-bond donors (Lipinski definition) is 1. The summed E-state index contributed by atoms with van der Waals surface area (Å²) in [6, 6.07) is 3.67. The number of aliphatic hydroxyl groups excluding tert-OH is 1. The van der Waals surface area contributed by atoms with Gasteiger partial charge in [-0.15, -0.1) is 0 Å². The average Bonchev–Trinajstić information content (AvgIpc) is 2.98. The number of ether oxygens (including phenoxy) is 2. The van der Waals surface area contributed by atoms with E-state index >= 15 is 0 Å². The van der Waals surface area contributed by atoms with Crippen LogP contribution < -0.4 is 9.47 Å². The van der Waals surface area contributed by atoms with Crippen LogP contribution in [0.3, 0.4) is 0 Å². The first-order chi connectivity index (χ1) is 9.13. The highest BCUT2D eigenvalue weighted by Gasteiger charge is 2.20. The summed E-state index contributed by atoms with van der Waals surface area (Å²) in [6.45, 7) is 0.218. The molecule has 1 unspecified atom stereocenters. The van der Waals surface area contributed by atoms with E-state index in [0.29, 0.717) is 17.9 Å². The van der Waals surface area contributed by atoms with E-state index in [-0.39, 0.29) is 6.79 Å². The summed E-state index contributed by atoms with van der Waals surface area (Å²) in [5.41, 5.74) is 1.78. The lowest BCUT2D eigenvalue weighted by molar-refractivity contribution is 0.171. The van der Waals surface area contributed by atoms with Crippen LogP contribution in [0.1, 0.15) is 17.2 Å². The zero-order valence-electron chi connectivity index (χ0n) is 10.3. The fourth-order valence-electron chi connectivity index (χ4n) is 2.10. The summed E-state index contributed by atoms with van der Waals surface area (Å²) in [4.78, 5) is 0. The lowest BCUT2D eigenvalue weighted by Gasteiger charge is -2.11. The van der Waals surface area contributed by atoms with Crippen LogP contribution in [0.5, 0.6) is 11.5 Å². The largest absolute Gasteiger partial charge is 0.454 e. The number of benzene rings is 1. The minimum Gasteiger partial charge on any atom is -0.454 e. The van der Waals surface area contributed by atoms with Gasteiger partial charge < -0.3 is 14.6 Å². The van der Waals surface area contributed by atoms with Crippen LogP contribution in [0.4, 0.5) is 0 Å². The Morgan fingerprint density at radius 2 is 2.32 bits per heavy atom. The molecule has 6 heteroatoms. The fraction of sp³-hybridized carbons (Fsp3) is 0.308.